The summed E-state index contributed by atoms with van der Waals surface area (Å²) >= 11 is 0. The van der Waals surface area contributed by atoms with E-state index in [-0.39, 0.29) is 11.5 Å². The zero-order valence-electron chi connectivity index (χ0n) is 12.2. The second-order valence-electron chi connectivity index (χ2n) is 5.44. The van der Waals surface area contributed by atoms with Crippen LogP contribution in [0.5, 0.6) is 11.5 Å². The zero-order chi connectivity index (χ0) is 15.8. The summed E-state index contributed by atoms with van der Waals surface area (Å²) in [5, 5.41) is 25.4. The van der Waals surface area contributed by atoms with E-state index in [1.165, 1.54) is 12.1 Å². The highest BCUT2D eigenvalue weighted by atomic mass is 16.3. The Morgan fingerprint density at radius 3 is 1.57 bits per heavy atom. The van der Waals surface area contributed by atoms with Crippen LogP contribution in [0.1, 0.15) is 11.4 Å². The standard InChI is InChI=1S/C19H14N2O2/c22-16-5-1-3-12-7-9-14(20-18(12)16)11-15-10-8-13-4-2-6-17(23)19(13)21-15/h1-10,22-23H,11H2/p-2. The minimum absolute atomic E-state index is 0.0855. The highest BCUT2D eigenvalue weighted by Gasteiger charge is 2.04. The van der Waals surface area contributed by atoms with E-state index in [2.05, 4.69) is 9.97 Å². The lowest BCUT2D eigenvalue weighted by atomic mass is 10.1. The van der Waals surface area contributed by atoms with Gasteiger partial charge in [0.05, 0.1) is 11.0 Å². The van der Waals surface area contributed by atoms with Gasteiger partial charge in [-0.25, -0.2) is 0 Å². The van der Waals surface area contributed by atoms with Gasteiger partial charge in [0.15, 0.2) is 0 Å². The predicted molar refractivity (Wildman–Crippen MR) is 85.2 cm³/mol. The molecule has 0 aliphatic rings. The monoisotopic (exact) mass is 300 g/mol. The highest BCUT2D eigenvalue weighted by molar-refractivity contribution is 5.84. The van der Waals surface area contributed by atoms with E-state index in [0.717, 1.165) is 22.2 Å². The summed E-state index contributed by atoms with van der Waals surface area (Å²) in [7, 11) is 0. The summed E-state index contributed by atoms with van der Waals surface area (Å²) in [5.41, 5.74) is 2.46. The Balaban J connectivity index is 1.75. The number of hydrogen-bond donors (Lipinski definition) is 0. The number of hydrogen-bond acceptors (Lipinski definition) is 4. The molecule has 4 heteroatoms. The average Bonchev–Trinajstić information content (AvgIpc) is 2.56. The predicted octanol–water partition coefficient (Wildman–Crippen LogP) is 2.52. The molecule has 4 nitrogen and oxygen atoms in total. The Labute approximate surface area is 132 Å². The molecule has 2 heterocycles. The second kappa shape index (κ2) is 5.25. The fourth-order valence-electron chi connectivity index (χ4n) is 2.70. The van der Waals surface area contributed by atoms with Crippen molar-refractivity contribution in [1.82, 2.24) is 9.97 Å². The Bertz CT molecular complexity index is 945. The van der Waals surface area contributed by atoms with Crippen LogP contribution >= 0.6 is 0 Å². The molecule has 2 aromatic heterocycles. The van der Waals surface area contributed by atoms with Crippen molar-refractivity contribution in [3.8, 4) is 11.5 Å². The van der Waals surface area contributed by atoms with Gasteiger partial charge in [-0.15, -0.1) is 0 Å². The molecular weight excluding hydrogens is 288 g/mol. The molecule has 0 N–H and O–H groups in total. The fourth-order valence-corrected chi connectivity index (χ4v) is 2.70. The molecule has 0 atom stereocenters. The Morgan fingerprint density at radius 1 is 0.609 bits per heavy atom. The summed E-state index contributed by atoms with van der Waals surface area (Å²) in [6.07, 6.45) is 0.481. The summed E-state index contributed by atoms with van der Waals surface area (Å²) in [6.45, 7) is 0. The molecule has 0 fully saturated rings. The number of para-hydroxylation sites is 2. The molecule has 0 radical (unpaired) electrons. The molecule has 0 spiro atoms. The molecule has 4 aromatic rings. The molecule has 23 heavy (non-hydrogen) atoms. The van der Waals surface area contributed by atoms with E-state index in [4.69, 9.17) is 0 Å². The molecular formula is C19H12N2O2-2. The first-order valence-corrected chi connectivity index (χ1v) is 7.32. The normalized spacial score (nSPS) is 11.1. The van der Waals surface area contributed by atoms with Crippen molar-refractivity contribution < 1.29 is 10.2 Å². The van der Waals surface area contributed by atoms with E-state index in [9.17, 15) is 10.2 Å². The van der Waals surface area contributed by atoms with Crippen molar-refractivity contribution in [2.45, 2.75) is 6.42 Å². The van der Waals surface area contributed by atoms with E-state index in [1.807, 2.05) is 36.4 Å². The number of fused-ring (bicyclic) bond motifs is 2. The fraction of sp³-hybridized carbons (Fsp3) is 0.0526. The number of benzene rings is 2. The van der Waals surface area contributed by atoms with Crippen LogP contribution in [0.2, 0.25) is 0 Å². The second-order valence-corrected chi connectivity index (χ2v) is 5.44. The van der Waals surface area contributed by atoms with Gasteiger partial charge in [0.25, 0.3) is 0 Å². The number of rotatable bonds is 2. The molecule has 0 aliphatic heterocycles. The molecule has 4 rings (SSSR count). The lowest BCUT2D eigenvalue weighted by molar-refractivity contribution is -0.266. The van der Waals surface area contributed by atoms with Crippen molar-refractivity contribution >= 4 is 21.8 Å². The van der Waals surface area contributed by atoms with Gasteiger partial charge >= 0.3 is 0 Å². The molecule has 2 aromatic carbocycles. The molecule has 0 amide bonds. The van der Waals surface area contributed by atoms with Crippen LogP contribution in [-0.4, -0.2) is 9.97 Å². The Hall–Kier alpha value is -3.14. The lowest BCUT2D eigenvalue weighted by Gasteiger charge is -2.12. The number of aromatic nitrogens is 2. The van der Waals surface area contributed by atoms with Crippen LogP contribution in [0.4, 0.5) is 0 Å². The van der Waals surface area contributed by atoms with Crippen molar-refractivity contribution in [3.05, 3.63) is 72.1 Å². The SMILES string of the molecule is [O-]c1cccc2ccc(Cc3ccc4cccc([O-])c4n3)nc12. The zero-order valence-corrected chi connectivity index (χ0v) is 12.2. The first kappa shape index (κ1) is 13.5. The average molecular weight is 300 g/mol. The van der Waals surface area contributed by atoms with Gasteiger partial charge < -0.3 is 10.2 Å². The van der Waals surface area contributed by atoms with Crippen LogP contribution in [0.25, 0.3) is 21.8 Å². The summed E-state index contributed by atoms with van der Waals surface area (Å²) in [6, 6.07) is 17.8. The Kier molecular flexibility index (Phi) is 3.08. The summed E-state index contributed by atoms with van der Waals surface area (Å²) < 4.78 is 0. The van der Waals surface area contributed by atoms with Crippen molar-refractivity contribution in [2.75, 3.05) is 0 Å². The van der Waals surface area contributed by atoms with Crippen molar-refractivity contribution in [1.29, 1.82) is 0 Å². The van der Waals surface area contributed by atoms with Crippen molar-refractivity contribution in [3.63, 3.8) is 0 Å². The minimum Gasteiger partial charge on any atom is -0.871 e. The minimum atomic E-state index is -0.0855. The van der Waals surface area contributed by atoms with Crippen LogP contribution in [-0.2, 0) is 6.42 Å². The third-order valence-corrected chi connectivity index (χ3v) is 3.84. The maximum absolute atomic E-state index is 11.9. The molecule has 0 aliphatic carbocycles. The van der Waals surface area contributed by atoms with Crippen LogP contribution in [0.15, 0.2) is 60.7 Å². The molecule has 0 unspecified atom stereocenters. The summed E-state index contributed by atoms with van der Waals surface area (Å²) in [4.78, 5) is 8.88. The molecule has 0 saturated heterocycles. The highest BCUT2D eigenvalue weighted by Crippen LogP contribution is 2.23. The van der Waals surface area contributed by atoms with E-state index >= 15 is 0 Å². The first-order chi connectivity index (χ1) is 11.2. The van der Waals surface area contributed by atoms with Gasteiger partial charge in [-0.05, 0) is 22.9 Å². The van der Waals surface area contributed by atoms with E-state index in [0.29, 0.717) is 17.5 Å². The van der Waals surface area contributed by atoms with Crippen LogP contribution in [0, 0.1) is 0 Å². The third-order valence-electron chi connectivity index (χ3n) is 3.84. The van der Waals surface area contributed by atoms with Crippen molar-refractivity contribution in [2.24, 2.45) is 0 Å². The maximum Gasteiger partial charge on any atom is 0.0627 e. The van der Waals surface area contributed by atoms with Gasteiger partial charge in [0.1, 0.15) is 0 Å². The van der Waals surface area contributed by atoms with Gasteiger partial charge in [-0.2, -0.15) is 0 Å². The number of nitrogens with zero attached hydrogens (tertiary/aromatic N) is 2. The van der Waals surface area contributed by atoms with Gasteiger partial charge in [0.2, 0.25) is 0 Å². The molecule has 112 valence electrons. The number of pyridine rings is 2. The quantitative estimate of drug-likeness (QED) is 0.570. The topological polar surface area (TPSA) is 71.9 Å². The third kappa shape index (κ3) is 2.44. The van der Waals surface area contributed by atoms with Gasteiger partial charge in [-0.1, -0.05) is 60.0 Å². The van der Waals surface area contributed by atoms with Gasteiger partial charge in [-0.3, -0.25) is 9.97 Å². The summed E-state index contributed by atoms with van der Waals surface area (Å²) in [5.74, 6) is -0.171. The maximum atomic E-state index is 11.9. The van der Waals surface area contributed by atoms with E-state index < -0.39 is 0 Å². The lowest BCUT2D eigenvalue weighted by Crippen LogP contribution is -1.99. The van der Waals surface area contributed by atoms with Gasteiger partial charge in [0, 0.05) is 17.8 Å². The Morgan fingerprint density at radius 2 is 1.09 bits per heavy atom. The van der Waals surface area contributed by atoms with Crippen LogP contribution < -0.4 is 10.2 Å². The van der Waals surface area contributed by atoms with Crippen LogP contribution in [0.3, 0.4) is 0 Å². The smallest absolute Gasteiger partial charge is 0.0627 e. The first-order valence-electron chi connectivity index (χ1n) is 7.32. The largest absolute Gasteiger partial charge is 0.871 e. The van der Waals surface area contributed by atoms with E-state index in [1.54, 1.807) is 12.1 Å². The molecule has 0 bridgehead atoms. The molecule has 0 saturated carbocycles.